The van der Waals surface area contributed by atoms with Gasteiger partial charge in [0.1, 0.15) is 12.1 Å². The zero-order chi connectivity index (χ0) is 17.3. The van der Waals surface area contributed by atoms with Crippen LogP contribution in [0, 0.1) is 5.92 Å². The molecule has 1 aliphatic heterocycles. The molecule has 8 nitrogen and oxygen atoms in total. The number of hydrogen-bond donors (Lipinski definition) is 1. The molecular formula is C15H20N4O4S. The Morgan fingerprint density at radius 3 is 2.50 bits per heavy atom. The van der Waals surface area contributed by atoms with Gasteiger partial charge in [-0.15, -0.1) is 0 Å². The summed E-state index contributed by atoms with van der Waals surface area (Å²) in [4.78, 5) is 10.8. The van der Waals surface area contributed by atoms with Gasteiger partial charge < -0.3 is 14.4 Å². The summed E-state index contributed by atoms with van der Waals surface area (Å²) < 4.78 is 32.7. The van der Waals surface area contributed by atoms with Gasteiger partial charge in [0.15, 0.2) is 11.5 Å². The summed E-state index contributed by atoms with van der Waals surface area (Å²) in [6.07, 6.45) is 2.08. The van der Waals surface area contributed by atoms with Crippen LogP contribution in [0.5, 0.6) is 11.5 Å². The normalized spacial score (nSPS) is 15.4. The van der Waals surface area contributed by atoms with Gasteiger partial charge in [0.25, 0.3) is 0 Å². The third kappa shape index (κ3) is 3.36. The van der Waals surface area contributed by atoms with E-state index >= 15 is 0 Å². The molecule has 0 aliphatic carbocycles. The summed E-state index contributed by atoms with van der Waals surface area (Å²) in [5.41, 5.74) is 0.769. The first kappa shape index (κ1) is 16.7. The molecule has 1 aromatic heterocycles. The number of fused-ring (bicyclic) bond motifs is 1. The van der Waals surface area contributed by atoms with Crippen LogP contribution in [0.15, 0.2) is 18.5 Å². The van der Waals surface area contributed by atoms with Crippen molar-refractivity contribution >= 4 is 26.7 Å². The van der Waals surface area contributed by atoms with Gasteiger partial charge >= 0.3 is 0 Å². The lowest BCUT2D eigenvalue weighted by molar-refractivity contribution is 0.355. The third-order valence-electron chi connectivity index (χ3n) is 4.19. The minimum absolute atomic E-state index is 0.0149. The van der Waals surface area contributed by atoms with E-state index in [-0.39, 0.29) is 5.75 Å². The van der Waals surface area contributed by atoms with Gasteiger partial charge in [-0.2, -0.15) is 0 Å². The van der Waals surface area contributed by atoms with E-state index in [1.165, 1.54) is 6.33 Å². The quantitative estimate of drug-likeness (QED) is 0.818. The molecule has 1 aromatic carbocycles. The third-order valence-corrected chi connectivity index (χ3v) is 4.99. The molecule has 2 heterocycles. The predicted octanol–water partition coefficient (Wildman–Crippen LogP) is 0.762. The van der Waals surface area contributed by atoms with Crippen molar-refractivity contribution in [3.8, 4) is 11.5 Å². The number of nitrogens with zero attached hydrogens (tertiary/aromatic N) is 3. The summed E-state index contributed by atoms with van der Waals surface area (Å²) in [5, 5.41) is 5.93. The molecule has 130 valence electrons. The molecule has 0 atom stereocenters. The Labute approximate surface area is 140 Å². The first-order valence-electron chi connectivity index (χ1n) is 7.53. The van der Waals surface area contributed by atoms with Crippen molar-refractivity contribution in [2.75, 3.05) is 38.0 Å². The molecule has 0 unspecified atom stereocenters. The van der Waals surface area contributed by atoms with Gasteiger partial charge in [-0.1, -0.05) is 0 Å². The Bertz CT molecular complexity index is 850. The van der Waals surface area contributed by atoms with E-state index in [9.17, 15) is 8.42 Å². The average molecular weight is 352 g/mol. The Kier molecular flexibility index (Phi) is 4.46. The van der Waals surface area contributed by atoms with Gasteiger partial charge in [-0.25, -0.2) is 23.5 Å². The maximum atomic E-state index is 11.1. The fourth-order valence-electron chi connectivity index (χ4n) is 2.88. The highest BCUT2D eigenvalue weighted by Crippen LogP contribution is 2.36. The van der Waals surface area contributed by atoms with Crippen molar-refractivity contribution < 1.29 is 17.9 Å². The first-order chi connectivity index (χ1) is 11.4. The molecule has 1 fully saturated rings. The highest BCUT2D eigenvalue weighted by atomic mass is 32.2. The molecule has 9 heteroatoms. The van der Waals surface area contributed by atoms with Crippen LogP contribution in [0.1, 0.15) is 6.42 Å². The number of rotatable bonds is 6. The number of hydrogen-bond acceptors (Lipinski definition) is 7. The van der Waals surface area contributed by atoms with Crippen LogP contribution in [-0.2, 0) is 10.0 Å². The summed E-state index contributed by atoms with van der Waals surface area (Å²) in [7, 11) is -0.239. The topological polar surface area (TPSA) is 108 Å². The lowest BCUT2D eigenvalue weighted by atomic mass is 9.97. The number of benzene rings is 1. The fourth-order valence-corrected chi connectivity index (χ4v) is 3.54. The molecule has 0 radical (unpaired) electrons. The van der Waals surface area contributed by atoms with E-state index in [1.54, 1.807) is 14.2 Å². The number of anilines is 1. The van der Waals surface area contributed by atoms with E-state index in [0.29, 0.717) is 23.8 Å². The Balaban J connectivity index is 1.81. The highest BCUT2D eigenvalue weighted by Gasteiger charge is 2.30. The zero-order valence-electron chi connectivity index (χ0n) is 13.6. The van der Waals surface area contributed by atoms with E-state index < -0.39 is 10.0 Å². The monoisotopic (exact) mass is 352 g/mol. The second kappa shape index (κ2) is 6.40. The van der Waals surface area contributed by atoms with Crippen LogP contribution >= 0.6 is 0 Å². The van der Waals surface area contributed by atoms with E-state index in [4.69, 9.17) is 14.6 Å². The molecule has 1 saturated heterocycles. The molecule has 0 spiro atoms. The van der Waals surface area contributed by atoms with E-state index in [2.05, 4.69) is 14.9 Å². The minimum Gasteiger partial charge on any atom is -0.493 e. The Hall–Kier alpha value is -2.13. The first-order valence-corrected chi connectivity index (χ1v) is 9.25. The molecule has 1 aliphatic rings. The van der Waals surface area contributed by atoms with Crippen LogP contribution in [0.25, 0.3) is 10.9 Å². The lowest BCUT2D eigenvalue weighted by Gasteiger charge is -2.40. The number of sulfonamides is 1. The molecule has 0 amide bonds. The number of methoxy groups -OCH3 is 2. The van der Waals surface area contributed by atoms with E-state index in [0.717, 1.165) is 29.8 Å². The largest absolute Gasteiger partial charge is 0.493 e. The van der Waals surface area contributed by atoms with Crippen LogP contribution in [0.2, 0.25) is 0 Å². The Morgan fingerprint density at radius 1 is 1.21 bits per heavy atom. The number of ether oxygens (including phenoxy) is 2. The number of primary sulfonamides is 1. The number of aromatic nitrogens is 2. The van der Waals surface area contributed by atoms with Gasteiger partial charge in [0, 0.05) is 24.5 Å². The van der Waals surface area contributed by atoms with Crippen molar-refractivity contribution in [1.82, 2.24) is 9.97 Å². The predicted molar refractivity (Wildman–Crippen MR) is 90.9 cm³/mol. The smallest absolute Gasteiger partial charge is 0.209 e. The van der Waals surface area contributed by atoms with Crippen molar-refractivity contribution in [3.05, 3.63) is 18.5 Å². The van der Waals surface area contributed by atoms with Crippen molar-refractivity contribution in [2.24, 2.45) is 11.1 Å². The summed E-state index contributed by atoms with van der Waals surface area (Å²) in [6.45, 7) is 1.49. The van der Waals surface area contributed by atoms with Gasteiger partial charge in [-0.3, -0.25) is 0 Å². The minimum atomic E-state index is -3.40. The summed E-state index contributed by atoms with van der Waals surface area (Å²) in [6, 6.07) is 3.68. The highest BCUT2D eigenvalue weighted by molar-refractivity contribution is 7.89. The van der Waals surface area contributed by atoms with Crippen molar-refractivity contribution in [2.45, 2.75) is 6.42 Å². The number of nitrogens with two attached hydrogens (primary N) is 1. The van der Waals surface area contributed by atoms with Crippen molar-refractivity contribution in [3.63, 3.8) is 0 Å². The molecule has 3 rings (SSSR count). The molecule has 2 N–H and O–H groups in total. The maximum absolute atomic E-state index is 11.1. The molecule has 24 heavy (non-hydrogen) atoms. The molecule has 0 saturated carbocycles. The Morgan fingerprint density at radius 2 is 1.88 bits per heavy atom. The van der Waals surface area contributed by atoms with Gasteiger partial charge in [-0.05, 0) is 18.4 Å². The fraction of sp³-hybridized carbons (Fsp3) is 0.467. The summed E-state index contributed by atoms with van der Waals surface area (Å²) >= 11 is 0. The van der Waals surface area contributed by atoms with Gasteiger partial charge in [0.05, 0.1) is 25.5 Å². The molecule has 2 aromatic rings. The summed E-state index contributed by atoms with van der Waals surface area (Å²) in [5.74, 6) is 2.36. The standard InChI is InChI=1S/C15H20N4O4S/c1-22-13-5-11-12(6-14(13)23-2)17-9-18-15(11)19-7-10(8-19)3-4-24(16,20)21/h5-6,9-10H,3-4,7-8H2,1-2H3,(H2,16,20,21). The van der Waals surface area contributed by atoms with Crippen LogP contribution < -0.4 is 19.5 Å². The van der Waals surface area contributed by atoms with Crippen LogP contribution in [0.3, 0.4) is 0 Å². The molecular weight excluding hydrogens is 332 g/mol. The van der Waals surface area contributed by atoms with Crippen LogP contribution in [-0.4, -0.2) is 51.4 Å². The van der Waals surface area contributed by atoms with Crippen molar-refractivity contribution in [1.29, 1.82) is 0 Å². The van der Waals surface area contributed by atoms with E-state index in [1.807, 2.05) is 12.1 Å². The molecule has 0 bridgehead atoms. The average Bonchev–Trinajstić information content (AvgIpc) is 2.51. The second-order valence-corrected chi connectivity index (χ2v) is 7.58. The zero-order valence-corrected chi connectivity index (χ0v) is 14.4. The van der Waals surface area contributed by atoms with Gasteiger partial charge in [0.2, 0.25) is 10.0 Å². The lowest BCUT2D eigenvalue weighted by Crippen LogP contribution is -2.48. The second-order valence-electron chi connectivity index (χ2n) is 5.85. The van der Waals surface area contributed by atoms with Crippen LogP contribution in [0.4, 0.5) is 5.82 Å². The SMILES string of the molecule is COc1cc2ncnc(N3CC(CCS(N)(=O)=O)C3)c2cc1OC. The maximum Gasteiger partial charge on any atom is 0.209 e.